The summed E-state index contributed by atoms with van der Waals surface area (Å²) in [6, 6.07) is 8.78. The normalized spacial score (nSPS) is 10.4. The highest BCUT2D eigenvalue weighted by molar-refractivity contribution is 6.30. The number of carbonyl (C=O) groups is 2. The number of rotatable bonds is 7. The van der Waals surface area contributed by atoms with Crippen molar-refractivity contribution in [3.63, 3.8) is 0 Å². The van der Waals surface area contributed by atoms with Crippen molar-refractivity contribution in [1.82, 2.24) is 15.1 Å². The Morgan fingerprint density at radius 2 is 2.09 bits per heavy atom. The molecule has 0 saturated carbocycles. The molecule has 0 atom stereocenters. The molecular weight excluding hydrogens is 306 g/mol. The molecule has 0 unspecified atom stereocenters. The molecule has 0 aliphatic carbocycles. The number of nitrogens with zero attached hydrogens (tertiary/aromatic N) is 2. The number of hydrogen-bond donors (Lipinski definition) is 2. The molecular formula is C15H16ClN3O3. The predicted octanol–water partition coefficient (Wildman–Crippen LogP) is 2.51. The summed E-state index contributed by atoms with van der Waals surface area (Å²) in [5.41, 5.74) is 1.08. The minimum Gasteiger partial charge on any atom is -0.481 e. The molecule has 116 valence electrons. The van der Waals surface area contributed by atoms with Crippen molar-refractivity contribution in [2.45, 2.75) is 19.3 Å². The average molecular weight is 322 g/mol. The summed E-state index contributed by atoms with van der Waals surface area (Å²) in [6.07, 6.45) is 2.95. The lowest BCUT2D eigenvalue weighted by molar-refractivity contribution is -0.137. The van der Waals surface area contributed by atoms with Gasteiger partial charge in [0.25, 0.3) is 5.91 Å². The van der Waals surface area contributed by atoms with Crippen molar-refractivity contribution in [2.75, 3.05) is 6.54 Å². The SMILES string of the molecule is O=C(O)CCCCNC(=O)c1ccn(-c2cccc(Cl)c2)n1. The largest absolute Gasteiger partial charge is 0.481 e. The maximum Gasteiger partial charge on any atom is 0.303 e. The van der Waals surface area contributed by atoms with Crippen molar-refractivity contribution in [3.05, 3.63) is 47.2 Å². The van der Waals surface area contributed by atoms with Gasteiger partial charge in [-0.15, -0.1) is 0 Å². The van der Waals surface area contributed by atoms with Crippen LogP contribution in [0.2, 0.25) is 5.02 Å². The molecule has 0 saturated heterocycles. The molecule has 2 N–H and O–H groups in total. The molecule has 22 heavy (non-hydrogen) atoms. The van der Waals surface area contributed by atoms with Crippen LogP contribution in [0.3, 0.4) is 0 Å². The Labute approximate surface area is 132 Å². The first kappa shape index (κ1) is 16.0. The highest BCUT2D eigenvalue weighted by atomic mass is 35.5. The number of aromatic nitrogens is 2. The molecule has 0 radical (unpaired) electrons. The van der Waals surface area contributed by atoms with Gasteiger partial charge in [-0.05, 0) is 37.1 Å². The summed E-state index contributed by atoms with van der Waals surface area (Å²) in [4.78, 5) is 22.3. The Morgan fingerprint density at radius 3 is 2.82 bits per heavy atom. The van der Waals surface area contributed by atoms with E-state index in [2.05, 4.69) is 10.4 Å². The zero-order valence-electron chi connectivity index (χ0n) is 11.8. The zero-order chi connectivity index (χ0) is 15.9. The van der Waals surface area contributed by atoms with Crippen molar-refractivity contribution in [3.8, 4) is 5.69 Å². The van der Waals surface area contributed by atoms with Crippen molar-refractivity contribution < 1.29 is 14.7 Å². The molecule has 1 heterocycles. The number of carbonyl (C=O) groups excluding carboxylic acids is 1. The highest BCUT2D eigenvalue weighted by Gasteiger charge is 2.09. The van der Waals surface area contributed by atoms with Gasteiger partial charge in [-0.25, -0.2) is 4.68 Å². The number of carboxylic acid groups (broad SMARTS) is 1. The minimum absolute atomic E-state index is 0.110. The van der Waals surface area contributed by atoms with Crippen molar-refractivity contribution >= 4 is 23.5 Å². The van der Waals surface area contributed by atoms with E-state index in [-0.39, 0.29) is 12.3 Å². The van der Waals surface area contributed by atoms with E-state index in [1.165, 1.54) is 0 Å². The van der Waals surface area contributed by atoms with E-state index in [0.717, 1.165) is 5.69 Å². The van der Waals surface area contributed by atoms with Crippen LogP contribution in [0.5, 0.6) is 0 Å². The topological polar surface area (TPSA) is 84.2 Å². The Morgan fingerprint density at radius 1 is 1.27 bits per heavy atom. The zero-order valence-corrected chi connectivity index (χ0v) is 12.6. The fourth-order valence-corrected chi connectivity index (χ4v) is 2.09. The van der Waals surface area contributed by atoms with Gasteiger partial charge in [0, 0.05) is 24.2 Å². The maximum atomic E-state index is 11.9. The standard InChI is InChI=1S/C15H16ClN3O3/c16-11-4-3-5-12(10-11)19-9-7-13(18-19)15(22)17-8-2-1-6-14(20)21/h3-5,7,9-10H,1-2,6,8H2,(H,17,22)(H,20,21). The quantitative estimate of drug-likeness (QED) is 0.767. The number of hydrogen-bond acceptors (Lipinski definition) is 3. The van der Waals surface area contributed by atoms with Crippen LogP contribution in [0.4, 0.5) is 0 Å². The number of aliphatic carboxylic acids is 1. The van der Waals surface area contributed by atoms with Crippen LogP contribution in [-0.2, 0) is 4.79 Å². The van der Waals surface area contributed by atoms with Gasteiger partial charge >= 0.3 is 5.97 Å². The van der Waals surface area contributed by atoms with E-state index >= 15 is 0 Å². The van der Waals surface area contributed by atoms with Crippen LogP contribution in [0.25, 0.3) is 5.69 Å². The monoisotopic (exact) mass is 321 g/mol. The molecule has 0 aliphatic rings. The predicted molar refractivity (Wildman–Crippen MR) is 82.4 cm³/mol. The molecule has 0 fully saturated rings. The second-order valence-electron chi connectivity index (χ2n) is 4.73. The third-order valence-corrected chi connectivity index (χ3v) is 3.23. The van der Waals surface area contributed by atoms with E-state index < -0.39 is 5.97 Å². The van der Waals surface area contributed by atoms with Crippen molar-refractivity contribution in [1.29, 1.82) is 0 Å². The number of halogens is 1. The average Bonchev–Trinajstić information content (AvgIpc) is 2.96. The lowest BCUT2D eigenvalue weighted by Crippen LogP contribution is -2.25. The van der Waals surface area contributed by atoms with Gasteiger partial charge in [0.2, 0.25) is 0 Å². The Bertz CT molecular complexity index is 670. The summed E-state index contributed by atoms with van der Waals surface area (Å²) < 4.78 is 1.57. The first-order valence-corrected chi connectivity index (χ1v) is 7.25. The molecule has 1 amide bonds. The number of amides is 1. The lowest BCUT2D eigenvalue weighted by atomic mass is 10.2. The van der Waals surface area contributed by atoms with E-state index in [9.17, 15) is 9.59 Å². The van der Waals surface area contributed by atoms with Gasteiger partial charge in [-0.3, -0.25) is 9.59 Å². The van der Waals surface area contributed by atoms with E-state index in [4.69, 9.17) is 16.7 Å². The summed E-state index contributed by atoms with van der Waals surface area (Å²) >= 11 is 5.92. The molecule has 1 aromatic carbocycles. The Balaban J connectivity index is 1.88. The van der Waals surface area contributed by atoms with Gasteiger partial charge < -0.3 is 10.4 Å². The second kappa shape index (κ2) is 7.61. The molecule has 2 rings (SSSR count). The molecule has 0 bridgehead atoms. The molecule has 0 spiro atoms. The summed E-state index contributed by atoms with van der Waals surface area (Å²) in [7, 11) is 0. The van der Waals surface area contributed by atoms with E-state index in [1.807, 2.05) is 12.1 Å². The fraction of sp³-hybridized carbons (Fsp3) is 0.267. The molecule has 6 nitrogen and oxygen atoms in total. The van der Waals surface area contributed by atoms with E-state index in [1.54, 1.807) is 29.1 Å². The van der Waals surface area contributed by atoms with E-state index in [0.29, 0.717) is 30.1 Å². The number of carboxylic acids is 1. The molecule has 1 aromatic heterocycles. The highest BCUT2D eigenvalue weighted by Crippen LogP contribution is 2.14. The van der Waals surface area contributed by atoms with Gasteiger partial charge in [-0.2, -0.15) is 5.10 Å². The Hall–Kier alpha value is -2.34. The molecule has 0 aliphatic heterocycles. The Kier molecular flexibility index (Phi) is 5.55. The first-order valence-electron chi connectivity index (χ1n) is 6.88. The molecule has 2 aromatic rings. The van der Waals surface area contributed by atoms with Gasteiger partial charge in [0.1, 0.15) is 0 Å². The van der Waals surface area contributed by atoms with Crippen LogP contribution >= 0.6 is 11.6 Å². The van der Waals surface area contributed by atoms with Crippen LogP contribution in [0.15, 0.2) is 36.5 Å². The smallest absolute Gasteiger partial charge is 0.303 e. The van der Waals surface area contributed by atoms with Gasteiger partial charge in [0.05, 0.1) is 5.69 Å². The summed E-state index contributed by atoms with van der Waals surface area (Å²) in [6.45, 7) is 0.427. The van der Waals surface area contributed by atoms with Crippen LogP contribution in [0.1, 0.15) is 29.8 Å². The van der Waals surface area contributed by atoms with Gasteiger partial charge in [0.15, 0.2) is 5.69 Å². The maximum absolute atomic E-state index is 11.9. The van der Waals surface area contributed by atoms with Crippen molar-refractivity contribution in [2.24, 2.45) is 0 Å². The molecule has 7 heteroatoms. The third kappa shape index (κ3) is 4.60. The lowest BCUT2D eigenvalue weighted by Gasteiger charge is -2.03. The number of unbranched alkanes of at least 4 members (excludes halogenated alkanes) is 1. The van der Waals surface area contributed by atoms with Crippen LogP contribution in [-0.4, -0.2) is 33.3 Å². The summed E-state index contributed by atoms with van der Waals surface area (Å²) in [5, 5.41) is 16.0. The fourth-order valence-electron chi connectivity index (χ4n) is 1.90. The number of benzene rings is 1. The first-order chi connectivity index (χ1) is 10.6. The second-order valence-corrected chi connectivity index (χ2v) is 5.17. The van der Waals surface area contributed by atoms with Crippen LogP contribution in [0, 0.1) is 0 Å². The number of nitrogens with one attached hydrogen (secondary N) is 1. The minimum atomic E-state index is -0.827. The third-order valence-electron chi connectivity index (χ3n) is 3.00. The van der Waals surface area contributed by atoms with Gasteiger partial charge in [-0.1, -0.05) is 17.7 Å². The summed E-state index contributed by atoms with van der Waals surface area (Å²) in [5.74, 6) is -1.11. The van der Waals surface area contributed by atoms with Crippen LogP contribution < -0.4 is 5.32 Å².